The molecule has 0 bridgehead atoms. The number of aromatic nitrogens is 2. The zero-order valence-corrected chi connectivity index (χ0v) is 12.2. The van der Waals surface area contributed by atoms with Crippen molar-refractivity contribution in [2.45, 2.75) is 32.7 Å². The normalized spacial score (nSPS) is 26.9. The Hall–Kier alpha value is -1.36. The van der Waals surface area contributed by atoms with Gasteiger partial charge in [-0.05, 0) is 44.2 Å². The van der Waals surface area contributed by atoms with Crippen LogP contribution in [0, 0.1) is 11.8 Å². The molecule has 2 aliphatic rings. The SMILES string of the molecule is CC1CCCN(c2cnn(CC3CCNC3)c(=O)c2)C1. The predicted octanol–water partition coefficient (Wildman–Crippen LogP) is 1.09. The van der Waals surface area contributed by atoms with Crippen molar-refractivity contribution in [1.82, 2.24) is 15.1 Å². The second kappa shape index (κ2) is 5.95. The Morgan fingerprint density at radius 3 is 3.05 bits per heavy atom. The number of rotatable bonds is 3. The van der Waals surface area contributed by atoms with Crippen LogP contribution in [0.15, 0.2) is 17.1 Å². The second-order valence-corrected chi connectivity index (χ2v) is 6.29. The lowest BCUT2D eigenvalue weighted by molar-refractivity contribution is 0.429. The molecule has 0 aliphatic carbocycles. The molecule has 0 saturated carbocycles. The van der Waals surface area contributed by atoms with Crippen LogP contribution in [-0.4, -0.2) is 36.0 Å². The van der Waals surface area contributed by atoms with Gasteiger partial charge in [-0.3, -0.25) is 4.79 Å². The van der Waals surface area contributed by atoms with Crippen molar-refractivity contribution in [2.24, 2.45) is 11.8 Å². The maximum Gasteiger partial charge on any atom is 0.268 e. The van der Waals surface area contributed by atoms with Gasteiger partial charge in [0.25, 0.3) is 5.56 Å². The van der Waals surface area contributed by atoms with Crippen LogP contribution in [-0.2, 0) is 6.54 Å². The molecule has 5 heteroatoms. The first-order valence-electron chi connectivity index (χ1n) is 7.75. The van der Waals surface area contributed by atoms with Crippen LogP contribution in [0.5, 0.6) is 0 Å². The van der Waals surface area contributed by atoms with Crippen molar-refractivity contribution >= 4 is 5.69 Å². The summed E-state index contributed by atoms with van der Waals surface area (Å²) in [6, 6.07) is 1.76. The Morgan fingerprint density at radius 2 is 2.35 bits per heavy atom. The van der Waals surface area contributed by atoms with Gasteiger partial charge < -0.3 is 10.2 Å². The van der Waals surface area contributed by atoms with Gasteiger partial charge in [-0.2, -0.15) is 5.10 Å². The molecule has 2 aliphatic heterocycles. The average Bonchev–Trinajstić information content (AvgIpc) is 2.94. The summed E-state index contributed by atoms with van der Waals surface area (Å²) in [6.45, 7) is 7.15. The summed E-state index contributed by atoms with van der Waals surface area (Å²) in [6.07, 6.45) is 5.50. The van der Waals surface area contributed by atoms with Gasteiger partial charge in [0.2, 0.25) is 0 Å². The Labute approximate surface area is 120 Å². The molecule has 2 fully saturated rings. The molecule has 3 rings (SSSR count). The van der Waals surface area contributed by atoms with Crippen LogP contribution >= 0.6 is 0 Å². The number of hydrogen-bond acceptors (Lipinski definition) is 4. The Bertz CT molecular complexity index is 507. The van der Waals surface area contributed by atoms with E-state index in [2.05, 4.69) is 22.2 Å². The maximum atomic E-state index is 12.2. The van der Waals surface area contributed by atoms with E-state index in [1.165, 1.54) is 12.8 Å². The lowest BCUT2D eigenvalue weighted by atomic mass is 10.00. The Kier molecular flexibility index (Phi) is 4.05. The highest BCUT2D eigenvalue weighted by molar-refractivity contribution is 5.43. The topological polar surface area (TPSA) is 50.2 Å². The fourth-order valence-electron chi connectivity index (χ4n) is 3.27. The van der Waals surface area contributed by atoms with Gasteiger partial charge >= 0.3 is 0 Å². The van der Waals surface area contributed by atoms with E-state index in [4.69, 9.17) is 0 Å². The lowest BCUT2D eigenvalue weighted by Gasteiger charge is -2.32. The molecule has 0 amide bonds. The van der Waals surface area contributed by atoms with Gasteiger partial charge in [-0.15, -0.1) is 0 Å². The first-order chi connectivity index (χ1) is 9.72. The molecule has 2 saturated heterocycles. The van der Waals surface area contributed by atoms with Crippen molar-refractivity contribution in [3.63, 3.8) is 0 Å². The monoisotopic (exact) mass is 276 g/mol. The number of piperidine rings is 1. The minimum absolute atomic E-state index is 0.0348. The summed E-state index contributed by atoms with van der Waals surface area (Å²) in [5.41, 5.74) is 1.02. The van der Waals surface area contributed by atoms with Crippen molar-refractivity contribution in [3.8, 4) is 0 Å². The van der Waals surface area contributed by atoms with Crippen LogP contribution in [0.25, 0.3) is 0 Å². The molecular weight excluding hydrogens is 252 g/mol. The summed E-state index contributed by atoms with van der Waals surface area (Å²) in [4.78, 5) is 14.5. The number of nitrogens with zero attached hydrogens (tertiary/aromatic N) is 3. The van der Waals surface area contributed by atoms with Gasteiger partial charge in [0.1, 0.15) is 0 Å². The van der Waals surface area contributed by atoms with Crippen molar-refractivity contribution < 1.29 is 0 Å². The van der Waals surface area contributed by atoms with E-state index in [0.717, 1.165) is 44.8 Å². The van der Waals surface area contributed by atoms with Crippen molar-refractivity contribution in [2.75, 3.05) is 31.1 Å². The minimum Gasteiger partial charge on any atom is -0.370 e. The minimum atomic E-state index is 0.0348. The molecule has 0 radical (unpaired) electrons. The van der Waals surface area contributed by atoms with Gasteiger partial charge in [0.05, 0.1) is 11.9 Å². The summed E-state index contributed by atoms with van der Waals surface area (Å²) < 4.78 is 1.62. The summed E-state index contributed by atoms with van der Waals surface area (Å²) in [5.74, 6) is 1.25. The fraction of sp³-hybridized carbons (Fsp3) is 0.733. The predicted molar refractivity (Wildman–Crippen MR) is 80.1 cm³/mol. The van der Waals surface area contributed by atoms with Gasteiger partial charge in [0.15, 0.2) is 0 Å². The molecular formula is C15H24N4O. The van der Waals surface area contributed by atoms with Crippen LogP contribution in [0.1, 0.15) is 26.2 Å². The zero-order valence-electron chi connectivity index (χ0n) is 12.2. The molecule has 3 heterocycles. The molecule has 1 aromatic rings. The van der Waals surface area contributed by atoms with Crippen molar-refractivity contribution in [3.05, 3.63) is 22.6 Å². The second-order valence-electron chi connectivity index (χ2n) is 6.29. The number of anilines is 1. The average molecular weight is 276 g/mol. The van der Waals surface area contributed by atoms with Crippen LogP contribution in [0.2, 0.25) is 0 Å². The van der Waals surface area contributed by atoms with E-state index < -0.39 is 0 Å². The Morgan fingerprint density at radius 1 is 1.45 bits per heavy atom. The third-order valence-corrected chi connectivity index (χ3v) is 4.47. The van der Waals surface area contributed by atoms with Crippen LogP contribution in [0.3, 0.4) is 0 Å². The summed E-state index contributed by atoms with van der Waals surface area (Å²) >= 11 is 0. The van der Waals surface area contributed by atoms with E-state index in [-0.39, 0.29) is 5.56 Å². The maximum absolute atomic E-state index is 12.2. The van der Waals surface area contributed by atoms with E-state index in [1.54, 1.807) is 10.7 Å². The van der Waals surface area contributed by atoms with E-state index >= 15 is 0 Å². The van der Waals surface area contributed by atoms with E-state index in [0.29, 0.717) is 11.8 Å². The van der Waals surface area contributed by atoms with Gasteiger partial charge in [0, 0.05) is 25.7 Å². The third kappa shape index (κ3) is 3.03. The first-order valence-corrected chi connectivity index (χ1v) is 7.75. The largest absolute Gasteiger partial charge is 0.370 e. The zero-order chi connectivity index (χ0) is 13.9. The van der Waals surface area contributed by atoms with Crippen LogP contribution in [0.4, 0.5) is 5.69 Å². The molecule has 1 aromatic heterocycles. The molecule has 2 atom stereocenters. The van der Waals surface area contributed by atoms with Gasteiger partial charge in [-0.1, -0.05) is 6.92 Å². The standard InChI is InChI=1S/C15H24N4O/c1-12-3-2-6-18(10-12)14-7-15(20)19(17-9-14)11-13-4-5-16-8-13/h7,9,12-13,16H,2-6,8,10-11H2,1H3. The molecule has 0 aromatic carbocycles. The smallest absolute Gasteiger partial charge is 0.268 e. The van der Waals surface area contributed by atoms with E-state index in [1.807, 2.05) is 6.20 Å². The highest BCUT2D eigenvalue weighted by atomic mass is 16.1. The molecule has 2 unspecified atom stereocenters. The van der Waals surface area contributed by atoms with Crippen LogP contribution < -0.4 is 15.8 Å². The quantitative estimate of drug-likeness (QED) is 0.898. The number of nitrogens with one attached hydrogen (secondary N) is 1. The molecule has 0 spiro atoms. The number of hydrogen-bond donors (Lipinski definition) is 1. The highest BCUT2D eigenvalue weighted by Crippen LogP contribution is 2.21. The first kappa shape index (κ1) is 13.6. The Balaban J connectivity index is 1.71. The molecule has 1 N–H and O–H groups in total. The molecule has 20 heavy (non-hydrogen) atoms. The summed E-state index contributed by atoms with van der Waals surface area (Å²) in [5, 5.41) is 7.71. The highest BCUT2D eigenvalue weighted by Gasteiger charge is 2.19. The third-order valence-electron chi connectivity index (χ3n) is 4.47. The van der Waals surface area contributed by atoms with Gasteiger partial charge in [-0.25, -0.2) is 4.68 Å². The summed E-state index contributed by atoms with van der Waals surface area (Å²) in [7, 11) is 0. The van der Waals surface area contributed by atoms with E-state index in [9.17, 15) is 4.79 Å². The fourth-order valence-corrected chi connectivity index (χ4v) is 3.27. The molecule has 110 valence electrons. The molecule has 5 nitrogen and oxygen atoms in total. The lowest BCUT2D eigenvalue weighted by Crippen LogP contribution is -2.36. The van der Waals surface area contributed by atoms with Crippen molar-refractivity contribution in [1.29, 1.82) is 0 Å².